The first kappa shape index (κ1) is 13.8. The highest BCUT2D eigenvalue weighted by Crippen LogP contribution is 2.34. The molecule has 1 heterocycles. The Morgan fingerprint density at radius 2 is 2.21 bits per heavy atom. The van der Waals surface area contributed by atoms with Gasteiger partial charge in [0.05, 0.1) is 4.92 Å². The van der Waals surface area contributed by atoms with Gasteiger partial charge in [-0.25, -0.2) is 4.68 Å². The third-order valence-electron chi connectivity index (χ3n) is 3.73. The quantitative estimate of drug-likeness (QED) is 0.660. The van der Waals surface area contributed by atoms with Crippen molar-refractivity contribution in [2.24, 2.45) is 18.7 Å². The molecule has 2 N–H and O–H groups in total. The van der Waals surface area contributed by atoms with Gasteiger partial charge in [0, 0.05) is 13.0 Å². The number of nitrogens with two attached hydrogens (primary N) is 1. The molecule has 7 nitrogen and oxygen atoms in total. The highest BCUT2D eigenvalue weighted by atomic mass is 16.6. The van der Waals surface area contributed by atoms with E-state index in [0.29, 0.717) is 12.2 Å². The molecule has 1 aromatic heterocycles. The summed E-state index contributed by atoms with van der Waals surface area (Å²) in [5.74, 6) is 0.511. The lowest BCUT2D eigenvalue weighted by Gasteiger charge is -2.30. The topological polar surface area (TPSA) is 96.2 Å². The smallest absolute Gasteiger partial charge is 0.353 e. The van der Waals surface area contributed by atoms with Crippen LogP contribution in [0.25, 0.3) is 0 Å². The Bertz CT molecular complexity index is 472. The largest absolute Gasteiger partial charge is 0.469 e. The fourth-order valence-electron chi connectivity index (χ4n) is 2.71. The molecule has 0 spiro atoms. The third kappa shape index (κ3) is 2.70. The van der Waals surface area contributed by atoms with E-state index in [1.165, 1.54) is 4.68 Å². The molecule has 0 saturated heterocycles. The van der Waals surface area contributed by atoms with Crippen LogP contribution >= 0.6 is 0 Å². The maximum atomic E-state index is 11.1. The molecule has 2 unspecified atom stereocenters. The molecule has 0 amide bonds. The summed E-state index contributed by atoms with van der Waals surface area (Å²) in [5.41, 5.74) is 6.09. The molecule has 0 bridgehead atoms. The van der Waals surface area contributed by atoms with E-state index in [-0.39, 0.29) is 23.6 Å². The molecule has 1 fully saturated rings. The molecule has 1 aliphatic carbocycles. The molecule has 0 aromatic carbocycles. The van der Waals surface area contributed by atoms with Crippen molar-refractivity contribution in [3.8, 4) is 5.88 Å². The number of aryl methyl sites for hydroxylation is 2. The third-order valence-corrected chi connectivity index (χ3v) is 3.73. The molecule has 1 aromatic rings. The molecule has 1 aliphatic rings. The van der Waals surface area contributed by atoms with Gasteiger partial charge in [0.2, 0.25) is 0 Å². The molecule has 19 heavy (non-hydrogen) atoms. The van der Waals surface area contributed by atoms with Gasteiger partial charge in [0.1, 0.15) is 11.8 Å². The summed E-state index contributed by atoms with van der Waals surface area (Å²) in [6.45, 7) is 2.17. The summed E-state index contributed by atoms with van der Waals surface area (Å²) in [7, 11) is 1.66. The maximum Gasteiger partial charge on any atom is 0.353 e. The minimum atomic E-state index is -0.433. The van der Waals surface area contributed by atoms with Crippen LogP contribution in [0, 0.1) is 23.0 Å². The van der Waals surface area contributed by atoms with E-state index in [1.807, 2.05) is 0 Å². The van der Waals surface area contributed by atoms with Crippen LogP contribution in [0.15, 0.2) is 0 Å². The van der Waals surface area contributed by atoms with Crippen molar-refractivity contribution < 1.29 is 9.66 Å². The van der Waals surface area contributed by atoms with Crippen LogP contribution < -0.4 is 10.5 Å². The number of aromatic nitrogens is 2. The number of nitrogens with zero attached hydrogens (tertiary/aromatic N) is 3. The highest BCUT2D eigenvalue weighted by molar-refractivity contribution is 5.45. The molecular formula is C12H20N4O3. The number of hydrogen-bond acceptors (Lipinski definition) is 5. The van der Waals surface area contributed by atoms with Crippen molar-refractivity contribution in [1.82, 2.24) is 9.78 Å². The van der Waals surface area contributed by atoms with Crippen molar-refractivity contribution in [1.29, 1.82) is 0 Å². The summed E-state index contributed by atoms with van der Waals surface area (Å²) in [6.07, 6.45) is 4.09. The Hall–Kier alpha value is -1.63. The first-order chi connectivity index (χ1) is 9.04. The van der Waals surface area contributed by atoms with Gasteiger partial charge in [-0.05, 0) is 32.7 Å². The van der Waals surface area contributed by atoms with Crippen molar-refractivity contribution >= 4 is 5.69 Å². The Balaban J connectivity index is 2.24. The van der Waals surface area contributed by atoms with Crippen LogP contribution in [0.3, 0.4) is 0 Å². The number of hydrogen-bond donors (Lipinski definition) is 1. The highest BCUT2D eigenvalue weighted by Gasteiger charge is 2.32. The zero-order valence-electron chi connectivity index (χ0n) is 11.3. The van der Waals surface area contributed by atoms with E-state index in [0.717, 1.165) is 25.7 Å². The van der Waals surface area contributed by atoms with Crippen LogP contribution in [-0.2, 0) is 7.05 Å². The second kappa shape index (κ2) is 5.56. The molecule has 0 radical (unpaired) electrons. The fraction of sp³-hybridized carbons (Fsp3) is 0.750. The van der Waals surface area contributed by atoms with E-state index < -0.39 is 4.92 Å². The Morgan fingerprint density at radius 1 is 1.53 bits per heavy atom. The second-order valence-electron chi connectivity index (χ2n) is 5.06. The normalized spacial score (nSPS) is 23.3. The number of nitro groups is 1. The second-order valence-corrected chi connectivity index (χ2v) is 5.06. The van der Waals surface area contributed by atoms with Crippen LogP contribution in [0.2, 0.25) is 0 Å². The predicted molar refractivity (Wildman–Crippen MR) is 70.0 cm³/mol. The average molecular weight is 268 g/mol. The minimum Gasteiger partial charge on any atom is -0.469 e. The van der Waals surface area contributed by atoms with Gasteiger partial charge in [-0.1, -0.05) is 6.42 Å². The lowest BCUT2D eigenvalue weighted by Crippen LogP contribution is -2.35. The SMILES string of the molecule is Cc1nn(C)c(OC2CCCCC2CN)c1[N+](=O)[O-]. The lowest BCUT2D eigenvalue weighted by atomic mass is 9.86. The molecule has 1 saturated carbocycles. The summed E-state index contributed by atoms with van der Waals surface area (Å²) in [6, 6.07) is 0. The van der Waals surface area contributed by atoms with Crippen molar-refractivity contribution in [3.63, 3.8) is 0 Å². The molecule has 7 heteroatoms. The van der Waals surface area contributed by atoms with Gasteiger partial charge in [-0.3, -0.25) is 10.1 Å². The summed E-state index contributed by atoms with van der Waals surface area (Å²) in [4.78, 5) is 10.7. The number of rotatable bonds is 4. The maximum absolute atomic E-state index is 11.1. The minimum absolute atomic E-state index is 0.0381. The Morgan fingerprint density at radius 3 is 2.84 bits per heavy atom. The summed E-state index contributed by atoms with van der Waals surface area (Å²) in [5, 5.41) is 15.2. The first-order valence-electron chi connectivity index (χ1n) is 6.59. The van der Waals surface area contributed by atoms with Crippen LogP contribution in [0.1, 0.15) is 31.4 Å². The monoisotopic (exact) mass is 268 g/mol. The molecule has 2 rings (SSSR count). The zero-order chi connectivity index (χ0) is 14.0. The van der Waals surface area contributed by atoms with Gasteiger partial charge in [0.25, 0.3) is 5.88 Å². The van der Waals surface area contributed by atoms with Crippen molar-refractivity contribution in [3.05, 3.63) is 15.8 Å². The molecular weight excluding hydrogens is 248 g/mol. The van der Waals surface area contributed by atoms with Crippen LogP contribution in [0.4, 0.5) is 5.69 Å². The molecule has 106 valence electrons. The van der Waals surface area contributed by atoms with Gasteiger partial charge in [-0.2, -0.15) is 5.10 Å². The standard InChI is InChI=1S/C12H20N4O3/c1-8-11(16(17)18)12(15(2)14-8)19-10-6-4-3-5-9(10)7-13/h9-10H,3-7,13H2,1-2H3. The van der Waals surface area contributed by atoms with E-state index in [4.69, 9.17) is 10.5 Å². The Kier molecular flexibility index (Phi) is 4.04. The fourth-order valence-corrected chi connectivity index (χ4v) is 2.71. The molecule has 0 aliphatic heterocycles. The zero-order valence-corrected chi connectivity index (χ0v) is 11.3. The van der Waals surface area contributed by atoms with Gasteiger partial charge >= 0.3 is 5.69 Å². The average Bonchev–Trinajstić information content (AvgIpc) is 2.65. The first-order valence-corrected chi connectivity index (χ1v) is 6.59. The van der Waals surface area contributed by atoms with E-state index in [9.17, 15) is 10.1 Å². The van der Waals surface area contributed by atoms with Crippen LogP contribution in [-0.4, -0.2) is 27.4 Å². The van der Waals surface area contributed by atoms with E-state index >= 15 is 0 Å². The van der Waals surface area contributed by atoms with Crippen molar-refractivity contribution in [2.45, 2.75) is 38.7 Å². The number of ether oxygens (including phenoxy) is 1. The van der Waals surface area contributed by atoms with Gasteiger partial charge in [0.15, 0.2) is 0 Å². The predicted octanol–water partition coefficient (Wildman–Crippen LogP) is 1.53. The lowest BCUT2D eigenvalue weighted by molar-refractivity contribution is -0.386. The van der Waals surface area contributed by atoms with Gasteiger partial charge < -0.3 is 10.5 Å². The molecule has 2 atom stereocenters. The Labute approximate surface area is 111 Å². The van der Waals surface area contributed by atoms with E-state index in [2.05, 4.69) is 5.10 Å². The van der Waals surface area contributed by atoms with Crippen molar-refractivity contribution in [2.75, 3.05) is 6.54 Å². The summed E-state index contributed by atoms with van der Waals surface area (Å²) < 4.78 is 7.32. The van der Waals surface area contributed by atoms with Crippen LogP contribution in [0.5, 0.6) is 5.88 Å². The summed E-state index contributed by atoms with van der Waals surface area (Å²) >= 11 is 0. The van der Waals surface area contributed by atoms with E-state index in [1.54, 1.807) is 14.0 Å². The van der Waals surface area contributed by atoms with Gasteiger partial charge in [-0.15, -0.1) is 0 Å².